The molecule has 3 aromatic heterocycles. The second-order valence-electron chi connectivity index (χ2n) is 8.39. The molecule has 3 heterocycles. The highest BCUT2D eigenvalue weighted by molar-refractivity contribution is 7.21. The number of pyridine rings is 1. The molecular formula is C26H25N3O3S2. The highest BCUT2D eigenvalue weighted by atomic mass is 32.1. The van der Waals surface area contributed by atoms with Gasteiger partial charge in [-0.1, -0.05) is 29.8 Å². The van der Waals surface area contributed by atoms with Gasteiger partial charge in [0.2, 0.25) is 0 Å². The fourth-order valence-electron chi connectivity index (χ4n) is 4.29. The molecule has 0 unspecified atom stereocenters. The van der Waals surface area contributed by atoms with E-state index in [0.717, 1.165) is 58.3 Å². The van der Waals surface area contributed by atoms with Crippen molar-refractivity contribution in [2.24, 2.45) is 0 Å². The monoisotopic (exact) mass is 491 g/mol. The van der Waals surface area contributed by atoms with E-state index in [1.54, 1.807) is 6.92 Å². The first-order valence-corrected chi connectivity index (χ1v) is 13.0. The molecule has 1 aliphatic rings. The number of nitrogen functional groups attached to an aromatic ring is 1. The summed E-state index contributed by atoms with van der Waals surface area (Å²) in [5.74, 6) is -0.811. The standard InChI is InChI=1S/C26H25N3O3S2/c1-3-32-26(31)20-18(15-10-8-14(2)9-11-15)13-33-25(20)29-23(30)22-21(27)17-12-16-6-4-5-7-19(16)28-24(17)34-22/h8-13H,3-7,27H2,1-2H3,(H,29,30). The Labute approximate surface area is 205 Å². The molecule has 5 rings (SSSR count). The van der Waals surface area contributed by atoms with Crippen molar-refractivity contribution in [3.63, 3.8) is 0 Å². The molecular weight excluding hydrogens is 466 g/mol. The van der Waals surface area contributed by atoms with Gasteiger partial charge in [-0.3, -0.25) is 4.79 Å². The molecule has 1 aromatic carbocycles. The Balaban J connectivity index is 1.51. The van der Waals surface area contributed by atoms with Crippen LogP contribution in [0.25, 0.3) is 21.3 Å². The number of aromatic nitrogens is 1. The van der Waals surface area contributed by atoms with Gasteiger partial charge in [0.15, 0.2) is 0 Å². The van der Waals surface area contributed by atoms with Gasteiger partial charge >= 0.3 is 5.97 Å². The third-order valence-corrected chi connectivity index (χ3v) is 8.08. The van der Waals surface area contributed by atoms with Crippen LogP contribution in [0.1, 0.15) is 56.6 Å². The van der Waals surface area contributed by atoms with Crippen molar-refractivity contribution < 1.29 is 14.3 Å². The number of hydrogen-bond donors (Lipinski definition) is 2. The van der Waals surface area contributed by atoms with Gasteiger partial charge in [0.1, 0.15) is 20.3 Å². The van der Waals surface area contributed by atoms with E-state index in [1.807, 2.05) is 36.6 Å². The Morgan fingerprint density at radius 3 is 2.71 bits per heavy atom. The van der Waals surface area contributed by atoms with Crippen LogP contribution in [0.2, 0.25) is 0 Å². The quantitative estimate of drug-likeness (QED) is 0.323. The molecule has 174 valence electrons. The first-order chi connectivity index (χ1) is 16.5. The van der Waals surface area contributed by atoms with E-state index in [1.165, 1.54) is 28.2 Å². The van der Waals surface area contributed by atoms with Crippen molar-refractivity contribution in [3.8, 4) is 11.1 Å². The number of rotatable bonds is 5. The Morgan fingerprint density at radius 1 is 1.18 bits per heavy atom. The minimum absolute atomic E-state index is 0.245. The topological polar surface area (TPSA) is 94.3 Å². The largest absolute Gasteiger partial charge is 0.462 e. The van der Waals surface area contributed by atoms with Crippen LogP contribution < -0.4 is 11.1 Å². The maximum absolute atomic E-state index is 13.3. The van der Waals surface area contributed by atoms with Crippen molar-refractivity contribution in [2.45, 2.75) is 39.5 Å². The summed E-state index contributed by atoms with van der Waals surface area (Å²) < 4.78 is 5.31. The summed E-state index contributed by atoms with van der Waals surface area (Å²) in [6, 6.07) is 9.99. The number of esters is 1. The molecule has 0 atom stereocenters. The number of carbonyl (C=O) groups excluding carboxylic acids is 2. The average molecular weight is 492 g/mol. The molecule has 0 radical (unpaired) electrons. The van der Waals surface area contributed by atoms with Crippen LogP contribution in [-0.4, -0.2) is 23.5 Å². The van der Waals surface area contributed by atoms with Gasteiger partial charge in [-0.2, -0.15) is 0 Å². The number of amides is 1. The van der Waals surface area contributed by atoms with Crippen molar-refractivity contribution in [2.75, 3.05) is 17.7 Å². The summed E-state index contributed by atoms with van der Waals surface area (Å²) in [7, 11) is 0. The molecule has 34 heavy (non-hydrogen) atoms. The molecule has 4 aromatic rings. The van der Waals surface area contributed by atoms with E-state index in [0.29, 0.717) is 21.1 Å². The normalized spacial score (nSPS) is 13.0. The third kappa shape index (κ3) is 4.08. The lowest BCUT2D eigenvalue weighted by Crippen LogP contribution is -2.15. The second kappa shape index (κ2) is 9.19. The SMILES string of the molecule is CCOC(=O)c1c(-c2ccc(C)cc2)csc1NC(=O)c1sc2nc3c(cc2c1N)CCCC3. The third-order valence-electron chi connectivity index (χ3n) is 6.07. The molecule has 1 amide bonds. The van der Waals surface area contributed by atoms with E-state index >= 15 is 0 Å². The summed E-state index contributed by atoms with van der Waals surface area (Å²) in [6.07, 6.45) is 4.24. The fraction of sp³-hybridized carbons (Fsp3) is 0.269. The van der Waals surface area contributed by atoms with E-state index in [4.69, 9.17) is 15.5 Å². The molecule has 0 bridgehead atoms. The first-order valence-electron chi connectivity index (χ1n) is 11.3. The smallest absolute Gasteiger partial charge is 0.341 e. The Kier molecular flexibility index (Phi) is 6.10. The number of hydrogen-bond acceptors (Lipinski definition) is 7. The molecule has 6 nitrogen and oxygen atoms in total. The number of carbonyl (C=O) groups is 2. The van der Waals surface area contributed by atoms with Crippen molar-refractivity contribution in [1.82, 2.24) is 4.98 Å². The van der Waals surface area contributed by atoms with Crippen molar-refractivity contribution in [1.29, 1.82) is 0 Å². The highest BCUT2D eigenvalue weighted by Gasteiger charge is 2.25. The predicted octanol–water partition coefficient (Wildman–Crippen LogP) is 6.22. The zero-order chi connectivity index (χ0) is 23.8. The van der Waals surface area contributed by atoms with E-state index in [9.17, 15) is 9.59 Å². The lowest BCUT2D eigenvalue weighted by Gasteiger charge is -2.14. The van der Waals surface area contributed by atoms with Crippen LogP contribution in [0.15, 0.2) is 35.7 Å². The van der Waals surface area contributed by atoms with Crippen LogP contribution >= 0.6 is 22.7 Å². The lowest BCUT2D eigenvalue weighted by atomic mass is 9.95. The maximum atomic E-state index is 13.3. The Hall–Kier alpha value is -3.23. The van der Waals surface area contributed by atoms with Gasteiger partial charge in [0.25, 0.3) is 5.91 Å². The van der Waals surface area contributed by atoms with E-state index in [-0.39, 0.29) is 12.5 Å². The molecule has 8 heteroatoms. The number of aryl methyl sites for hydroxylation is 3. The number of benzene rings is 1. The van der Waals surface area contributed by atoms with Crippen LogP contribution in [0.3, 0.4) is 0 Å². The molecule has 0 aliphatic heterocycles. The number of fused-ring (bicyclic) bond motifs is 2. The summed E-state index contributed by atoms with van der Waals surface area (Å²) in [5, 5.41) is 6.07. The van der Waals surface area contributed by atoms with Crippen LogP contribution in [0, 0.1) is 6.92 Å². The second-order valence-corrected chi connectivity index (χ2v) is 10.3. The zero-order valence-electron chi connectivity index (χ0n) is 19.1. The van der Waals surface area contributed by atoms with Gasteiger partial charge in [-0.05, 0) is 56.7 Å². The van der Waals surface area contributed by atoms with Gasteiger partial charge < -0.3 is 15.8 Å². The lowest BCUT2D eigenvalue weighted by molar-refractivity contribution is 0.0529. The average Bonchev–Trinajstić information content (AvgIpc) is 3.39. The number of nitrogens with two attached hydrogens (primary N) is 1. The molecule has 3 N–H and O–H groups in total. The fourth-order valence-corrected chi connectivity index (χ4v) is 6.23. The number of ether oxygens (including phenoxy) is 1. The van der Waals surface area contributed by atoms with Gasteiger partial charge in [0.05, 0.1) is 12.3 Å². The Bertz CT molecular complexity index is 1400. The van der Waals surface area contributed by atoms with Crippen LogP contribution in [0.4, 0.5) is 10.7 Å². The number of thiophene rings is 2. The molecule has 0 spiro atoms. The molecule has 0 fully saturated rings. The molecule has 1 aliphatic carbocycles. The minimum atomic E-state index is -0.465. The molecule has 0 saturated carbocycles. The van der Waals surface area contributed by atoms with Crippen LogP contribution in [0.5, 0.6) is 0 Å². The van der Waals surface area contributed by atoms with Crippen molar-refractivity contribution in [3.05, 3.63) is 63.0 Å². The first kappa shape index (κ1) is 22.6. The van der Waals surface area contributed by atoms with Gasteiger partial charge in [-0.15, -0.1) is 22.7 Å². The summed E-state index contributed by atoms with van der Waals surface area (Å²) >= 11 is 2.59. The van der Waals surface area contributed by atoms with Crippen molar-refractivity contribution >= 4 is 55.5 Å². The number of anilines is 2. The predicted molar refractivity (Wildman–Crippen MR) is 139 cm³/mol. The summed E-state index contributed by atoms with van der Waals surface area (Å²) in [5.41, 5.74) is 12.3. The van der Waals surface area contributed by atoms with Gasteiger partial charge in [-0.25, -0.2) is 9.78 Å². The van der Waals surface area contributed by atoms with Crippen LogP contribution in [-0.2, 0) is 17.6 Å². The summed E-state index contributed by atoms with van der Waals surface area (Å²) in [6.45, 7) is 4.02. The van der Waals surface area contributed by atoms with Gasteiger partial charge in [0, 0.05) is 22.0 Å². The maximum Gasteiger partial charge on any atom is 0.341 e. The number of nitrogens with one attached hydrogen (secondary N) is 1. The number of nitrogens with zero attached hydrogens (tertiary/aromatic N) is 1. The summed E-state index contributed by atoms with van der Waals surface area (Å²) in [4.78, 5) is 32.1. The molecule has 0 saturated heterocycles. The zero-order valence-corrected chi connectivity index (χ0v) is 20.7. The van der Waals surface area contributed by atoms with E-state index in [2.05, 4.69) is 11.4 Å². The minimum Gasteiger partial charge on any atom is -0.462 e. The Morgan fingerprint density at radius 2 is 1.94 bits per heavy atom. The highest BCUT2D eigenvalue weighted by Crippen LogP contribution is 2.39. The van der Waals surface area contributed by atoms with E-state index < -0.39 is 5.97 Å².